The van der Waals surface area contributed by atoms with E-state index in [-0.39, 0.29) is 11.7 Å². The normalized spacial score (nSPS) is 15.7. The van der Waals surface area contributed by atoms with Crippen LogP contribution >= 0.6 is 0 Å². The Kier molecular flexibility index (Phi) is 2.71. The number of carbonyl (C=O) groups excluding carboxylic acids is 1. The number of likely N-dealkylation sites (tertiary alicyclic amines) is 1. The maximum atomic E-state index is 13.1. The lowest BCUT2D eigenvalue weighted by Gasteiger charge is -2.15. The van der Waals surface area contributed by atoms with E-state index in [1.165, 1.54) is 12.1 Å². The standard InChI is InChI=1S/C12H14FNO/c1-9-6-10(8-11(13)7-9)12(15)14-4-2-3-5-14/h6-8H,2-5H2,1H3. The van der Waals surface area contributed by atoms with Crippen molar-refractivity contribution in [2.45, 2.75) is 19.8 Å². The molecule has 1 amide bonds. The average molecular weight is 207 g/mol. The number of hydrogen-bond acceptors (Lipinski definition) is 1. The number of hydrogen-bond donors (Lipinski definition) is 0. The van der Waals surface area contributed by atoms with Crippen molar-refractivity contribution < 1.29 is 9.18 Å². The highest BCUT2D eigenvalue weighted by atomic mass is 19.1. The number of carbonyl (C=O) groups is 1. The van der Waals surface area contributed by atoms with Crippen molar-refractivity contribution in [2.24, 2.45) is 0 Å². The van der Waals surface area contributed by atoms with Crippen molar-refractivity contribution in [3.63, 3.8) is 0 Å². The smallest absolute Gasteiger partial charge is 0.253 e. The monoisotopic (exact) mass is 207 g/mol. The van der Waals surface area contributed by atoms with Gasteiger partial charge >= 0.3 is 0 Å². The molecule has 1 fully saturated rings. The molecular formula is C12H14FNO. The van der Waals surface area contributed by atoms with Gasteiger partial charge in [0.2, 0.25) is 0 Å². The molecule has 0 saturated carbocycles. The first kappa shape index (κ1) is 10.1. The van der Waals surface area contributed by atoms with Crippen LogP contribution in [0.2, 0.25) is 0 Å². The average Bonchev–Trinajstić information content (AvgIpc) is 2.67. The van der Waals surface area contributed by atoms with Crippen molar-refractivity contribution in [1.29, 1.82) is 0 Å². The molecule has 80 valence electrons. The van der Waals surface area contributed by atoms with E-state index in [4.69, 9.17) is 0 Å². The summed E-state index contributed by atoms with van der Waals surface area (Å²) in [5, 5.41) is 0. The number of aryl methyl sites for hydroxylation is 1. The van der Waals surface area contributed by atoms with Crippen molar-refractivity contribution in [2.75, 3.05) is 13.1 Å². The van der Waals surface area contributed by atoms with Crippen LogP contribution in [0, 0.1) is 12.7 Å². The second kappa shape index (κ2) is 4.01. The molecule has 0 radical (unpaired) electrons. The van der Waals surface area contributed by atoms with Gasteiger partial charge in [-0.05, 0) is 43.5 Å². The SMILES string of the molecule is Cc1cc(F)cc(C(=O)N2CCCC2)c1. The van der Waals surface area contributed by atoms with Crippen molar-refractivity contribution in [3.8, 4) is 0 Å². The highest BCUT2D eigenvalue weighted by molar-refractivity contribution is 5.94. The summed E-state index contributed by atoms with van der Waals surface area (Å²) in [5.74, 6) is -0.382. The van der Waals surface area contributed by atoms with Crippen molar-refractivity contribution in [1.82, 2.24) is 4.90 Å². The van der Waals surface area contributed by atoms with Gasteiger partial charge in [-0.3, -0.25) is 4.79 Å². The molecule has 2 rings (SSSR count). The largest absolute Gasteiger partial charge is 0.339 e. The van der Waals surface area contributed by atoms with Crippen LogP contribution in [0.25, 0.3) is 0 Å². The second-order valence-corrected chi connectivity index (χ2v) is 4.02. The van der Waals surface area contributed by atoms with Crippen molar-refractivity contribution >= 4 is 5.91 Å². The van der Waals surface area contributed by atoms with Crippen LogP contribution < -0.4 is 0 Å². The van der Waals surface area contributed by atoms with Gasteiger partial charge in [-0.2, -0.15) is 0 Å². The summed E-state index contributed by atoms with van der Waals surface area (Å²) in [6.07, 6.45) is 2.11. The van der Waals surface area contributed by atoms with E-state index in [2.05, 4.69) is 0 Å². The van der Waals surface area contributed by atoms with Crippen molar-refractivity contribution in [3.05, 3.63) is 35.1 Å². The number of benzene rings is 1. The zero-order chi connectivity index (χ0) is 10.8. The Bertz CT molecular complexity index is 363. The first-order chi connectivity index (χ1) is 7.16. The van der Waals surface area contributed by atoms with Crippen LogP contribution in [0.4, 0.5) is 4.39 Å². The van der Waals surface area contributed by atoms with Crippen LogP contribution in [0.1, 0.15) is 28.8 Å². The molecule has 3 heteroatoms. The molecular weight excluding hydrogens is 193 g/mol. The molecule has 1 heterocycles. The third-order valence-corrected chi connectivity index (χ3v) is 2.68. The fraction of sp³-hybridized carbons (Fsp3) is 0.417. The van der Waals surface area contributed by atoms with E-state index in [1.807, 2.05) is 0 Å². The maximum Gasteiger partial charge on any atom is 0.253 e. The van der Waals surface area contributed by atoms with Gasteiger partial charge in [0.15, 0.2) is 0 Å². The Morgan fingerprint density at radius 3 is 2.53 bits per heavy atom. The number of halogens is 1. The van der Waals surface area contributed by atoms with Gasteiger partial charge < -0.3 is 4.90 Å². The van der Waals surface area contributed by atoms with E-state index >= 15 is 0 Å². The minimum atomic E-state index is -0.336. The lowest BCUT2D eigenvalue weighted by molar-refractivity contribution is 0.0792. The zero-order valence-electron chi connectivity index (χ0n) is 8.79. The fourth-order valence-corrected chi connectivity index (χ4v) is 1.96. The lowest BCUT2D eigenvalue weighted by atomic mass is 10.1. The lowest BCUT2D eigenvalue weighted by Crippen LogP contribution is -2.27. The van der Waals surface area contributed by atoms with Gasteiger partial charge in [0.25, 0.3) is 5.91 Å². The summed E-state index contributed by atoms with van der Waals surface area (Å²) >= 11 is 0. The van der Waals surface area contributed by atoms with Gasteiger partial charge in [-0.25, -0.2) is 4.39 Å². The molecule has 0 bridgehead atoms. The topological polar surface area (TPSA) is 20.3 Å². The molecule has 0 aromatic heterocycles. The molecule has 0 unspecified atom stereocenters. The Morgan fingerprint density at radius 2 is 1.93 bits per heavy atom. The Balaban J connectivity index is 2.24. The molecule has 0 spiro atoms. The first-order valence-electron chi connectivity index (χ1n) is 5.23. The van der Waals surface area contributed by atoms with Gasteiger partial charge in [-0.15, -0.1) is 0 Å². The van der Waals surface area contributed by atoms with E-state index in [1.54, 1.807) is 17.9 Å². The van der Waals surface area contributed by atoms with Crippen LogP contribution in [-0.2, 0) is 0 Å². The van der Waals surface area contributed by atoms with E-state index < -0.39 is 0 Å². The summed E-state index contributed by atoms with van der Waals surface area (Å²) in [6.45, 7) is 3.40. The molecule has 1 aromatic carbocycles. The number of amides is 1. The van der Waals surface area contributed by atoms with E-state index in [0.717, 1.165) is 31.5 Å². The third-order valence-electron chi connectivity index (χ3n) is 2.68. The quantitative estimate of drug-likeness (QED) is 0.692. The zero-order valence-corrected chi connectivity index (χ0v) is 8.79. The Labute approximate surface area is 88.7 Å². The third kappa shape index (κ3) is 2.17. The predicted molar refractivity (Wildman–Crippen MR) is 56.3 cm³/mol. The Morgan fingerprint density at radius 1 is 1.27 bits per heavy atom. The van der Waals surface area contributed by atoms with Crippen LogP contribution in [0.5, 0.6) is 0 Å². The minimum Gasteiger partial charge on any atom is -0.339 e. The van der Waals surface area contributed by atoms with Gasteiger partial charge in [0.1, 0.15) is 5.82 Å². The molecule has 1 aliphatic rings. The summed E-state index contributed by atoms with van der Waals surface area (Å²) in [7, 11) is 0. The number of rotatable bonds is 1. The Hall–Kier alpha value is -1.38. The summed E-state index contributed by atoms with van der Waals surface area (Å²) in [5.41, 5.74) is 1.26. The van der Waals surface area contributed by atoms with Crippen LogP contribution in [0.15, 0.2) is 18.2 Å². The summed E-state index contributed by atoms with van der Waals surface area (Å²) in [6, 6.07) is 4.48. The van der Waals surface area contributed by atoms with Gasteiger partial charge in [0, 0.05) is 18.7 Å². The summed E-state index contributed by atoms with van der Waals surface area (Å²) < 4.78 is 13.1. The molecule has 1 aromatic rings. The minimum absolute atomic E-state index is 0.0462. The second-order valence-electron chi connectivity index (χ2n) is 4.02. The molecule has 0 aliphatic carbocycles. The molecule has 0 atom stereocenters. The van der Waals surface area contributed by atoms with E-state index in [0.29, 0.717) is 5.56 Å². The summed E-state index contributed by atoms with van der Waals surface area (Å²) in [4.78, 5) is 13.7. The molecule has 0 N–H and O–H groups in total. The van der Waals surface area contributed by atoms with E-state index in [9.17, 15) is 9.18 Å². The molecule has 1 aliphatic heterocycles. The van der Waals surface area contributed by atoms with Crippen LogP contribution in [-0.4, -0.2) is 23.9 Å². The molecule has 2 nitrogen and oxygen atoms in total. The van der Waals surface area contributed by atoms with Gasteiger partial charge in [0.05, 0.1) is 0 Å². The highest BCUT2D eigenvalue weighted by Gasteiger charge is 2.19. The highest BCUT2D eigenvalue weighted by Crippen LogP contribution is 2.15. The number of nitrogens with zero attached hydrogens (tertiary/aromatic N) is 1. The molecule has 1 saturated heterocycles. The maximum absolute atomic E-state index is 13.1. The predicted octanol–water partition coefficient (Wildman–Crippen LogP) is 2.37. The first-order valence-corrected chi connectivity index (χ1v) is 5.23. The fourth-order valence-electron chi connectivity index (χ4n) is 1.96. The molecule has 15 heavy (non-hydrogen) atoms. The van der Waals surface area contributed by atoms with Gasteiger partial charge in [-0.1, -0.05) is 0 Å². The van der Waals surface area contributed by atoms with Crippen LogP contribution in [0.3, 0.4) is 0 Å².